The lowest BCUT2D eigenvalue weighted by Crippen LogP contribution is -2.43. The van der Waals surface area contributed by atoms with E-state index in [4.69, 9.17) is 0 Å². The molecule has 0 saturated carbocycles. The molecule has 0 N–H and O–H groups in total. The van der Waals surface area contributed by atoms with Crippen LogP contribution in [0.3, 0.4) is 0 Å². The molecule has 0 aliphatic heterocycles. The smallest absolute Gasteiger partial charge is 0.206 e. The minimum atomic E-state index is 0.909. The Morgan fingerprint density at radius 2 is 0.553 bits per heavy atom. The molecule has 6 aromatic rings. The van der Waals surface area contributed by atoms with Crippen LogP contribution in [0.4, 0.5) is 0 Å². The SMILES string of the molecule is c1cc(-c2ccc(-c3cc[n+](CC[n+]4ccc(-c5ccc(-c6ccncc6)cc5)cc4)cc3)cc2)ccn1. The Morgan fingerprint density at radius 1 is 0.316 bits per heavy atom. The fourth-order valence-corrected chi connectivity index (χ4v) is 4.63. The summed E-state index contributed by atoms with van der Waals surface area (Å²) in [5.41, 5.74) is 9.63. The molecule has 4 heteroatoms. The van der Waals surface area contributed by atoms with Gasteiger partial charge >= 0.3 is 0 Å². The van der Waals surface area contributed by atoms with E-state index in [0.717, 1.165) is 13.1 Å². The van der Waals surface area contributed by atoms with E-state index < -0.39 is 0 Å². The lowest BCUT2D eigenvalue weighted by molar-refractivity contribution is -0.778. The summed E-state index contributed by atoms with van der Waals surface area (Å²) in [5.74, 6) is 0. The van der Waals surface area contributed by atoms with Crippen LogP contribution in [0, 0.1) is 0 Å². The van der Waals surface area contributed by atoms with Gasteiger partial charge in [0.1, 0.15) is 0 Å². The first-order chi connectivity index (χ1) is 18.8. The maximum Gasteiger partial charge on any atom is 0.206 e. The molecule has 4 aromatic heterocycles. The van der Waals surface area contributed by atoms with Crippen molar-refractivity contribution < 1.29 is 9.13 Å². The van der Waals surface area contributed by atoms with Crippen molar-refractivity contribution in [3.05, 3.63) is 147 Å². The van der Waals surface area contributed by atoms with Gasteiger partial charge < -0.3 is 0 Å². The third kappa shape index (κ3) is 5.40. The Hall–Kier alpha value is -4.96. The van der Waals surface area contributed by atoms with Gasteiger partial charge in [-0.25, -0.2) is 0 Å². The van der Waals surface area contributed by atoms with Crippen molar-refractivity contribution in [2.45, 2.75) is 13.1 Å². The van der Waals surface area contributed by atoms with Crippen LogP contribution in [-0.4, -0.2) is 9.97 Å². The monoisotopic (exact) mass is 492 g/mol. The van der Waals surface area contributed by atoms with Gasteiger partial charge in [0.25, 0.3) is 0 Å². The standard InChI is InChI=1S/C34H28N4/c1-5-29(6-2-27(1)31-9-17-35-18-10-31)33-13-21-37(22-14-33)25-26-38-23-15-34(16-24-38)30-7-3-28(4-8-30)32-11-19-36-20-12-32/h1-24H,25-26H2/q+2. The quantitative estimate of drug-likeness (QED) is 0.241. The Labute approximate surface area is 223 Å². The lowest BCUT2D eigenvalue weighted by Gasteiger charge is -2.05. The summed E-state index contributed by atoms with van der Waals surface area (Å²) in [5, 5.41) is 0. The molecule has 4 heterocycles. The van der Waals surface area contributed by atoms with Crippen molar-refractivity contribution in [3.8, 4) is 44.5 Å². The topological polar surface area (TPSA) is 33.5 Å². The number of benzene rings is 2. The van der Waals surface area contributed by atoms with Crippen LogP contribution < -0.4 is 9.13 Å². The van der Waals surface area contributed by atoms with Crippen LogP contribution in [0.15, 0.2) is 147 Å². The molecule has 0 atom stereocenters. The summed E-state index contributed by atoms with van der Waals surface area (Å²) in [6.45, 7) is 1.82. The first-order valence-electron chi connectivity index (χ1n) is 12.8. The number of rotatable bonds is 7. The van der Waals surface area contributed by atoms with Crippen LogP contribution >= 0.6 is 0 Å². The van der Waals surface area contributed by atoms with Gasteiger partial charge in [-0.05, 0) is 68.8 Å². The van der Waals surface area contributed by atoms with E-state index in [1.807, 2.05) is 49.1 Å². The number of hydrogen-bond acceptors (Lipinski definition) is 2. The van der Waals surface area contributed by atoms with E-state index in [1.54, 1.807) is 0 Å². The van der Waals surface area contributed by atoms with Crippen LogP contribution in [0.25, 0.3) is 44.5 Å². The van der Waals surface area contributed by atoms with Gasteiger partial charge in [-0.15, -0.1) is 0 Å². The van der Waals surface area contributed by atoms with Gasteiger partial charge in [0.05, 0.1) is 0 Å². The molecule has 2 aromatic carbocycles. The number of aromatic nitrogens is 4. The van der Waals surface area contributed by atoms with E-state index in [1.165, 1.54) is 44.5 Å². The molecule has 0 amide bonds. The normalized spacial score (nSPS) is 10.8. The van der Waals surface area contributed by atoms with Crippen LogP contribution in [0.5, 0.6) is 0 Å². The van der Waals surface area contributed by atoms with E-state index in [0.29, 0.717) is 0 Å². The molecule has 0 radical (unpaired) electrons. The molecular formula is C34H28N4+2. The number of nitrogens with zero attached hydrogens (tertiary/aromatic N) is 4. The molecule has 0 saturated heterocycles. The highest BCUT2D eigenvalue weighted by atomic mass is 15.0. The van der Waals surface area contributed by atoms with Gasteiger partial charge in [-0.1, -0.05) is 48.5 Å². The van der Waals surface area contributed by atoms with Crippen molar-refractivity contribution in [1.29, 1.82) is 0 Å². The Kier molecular flexibility index (Phi) is 6.77. The number of pyridine rings is 4. The summed E-state index contributed by atoms with van der Waals surface area (Å²) in [6, 6.07) is 34.3. The minimum Gasteiger partial charge on any atom is -0.265 e. The number of hydrogen-bond donors (Lipinski definition) is 0. The zero-order chi connectivity index (χ0) is 25.6. The summed E-state index contributed by atoms with van der Waals surface area (Å²) in [4.78, 5) is 8.20. The summed E-state index contributed by atoms with van der Waals surface area (Å²) >= 11 is 0. The molecule has 0 unspecified atom stereocenters. The largest absolute Gasteiger partial charge is 0.265 e. The molecule has 0 bridgehead atoms. The molecule has 0 aliphatic rings. The molecule has 182 valence electrons. The maximum absolute atomic E-state index is 4.10. The minimum absolute atomic E-state index is 0.909. The molecule has 6 rings (SSSR count). The van der Waals surface area contributed by atoms with Crippen molar-refractivity contribution in [2.75, 3.05) is 0 Å². The lowest BCUT2D eigenvalue weighted by atomic mass is 10.0. The van der Waals surface area contributed by atoms with Crippen LogP contribution in [0.2, 0.25) is 0 Å². The molecule has 0 fully saturated rings. The predicted molar refractivity (Wildman–Crippen MR) is 151 cm³/mol. The van der Waals surface area contributed by atoms with Gasteiger partial charge in [0, 0.05) is 49.1 Å². The first kappa shape index (κ1) is 23.4. The average molecular weight is 493 g/mol. The van der Waals surface area contributed by atoms with E-state index >= 15 is 0 Å². The molecule has 0 spiro atoms. The van der Waals surface area contributed by atoms with Crippen molar-refractivity contribution in [3.63, 3.8) is 0 Å². The van der Waals surface area contributed by atoms with Crippen LogP contribution in [-0.2, 0) is 13.1 Å². The van der Waals surface area contributed by atoms with Gasteiger partial charge in [0.2, 0.25) is 13.1 Å². The molecule has 0 aliphatic carbocycles. The van der Waals surface area contributed by atoms with E-state index in [-0.39, 0.29) is 0 Å². The fourth-order valence-electron chi connectivity index (χ4n) is 4.63. The summed E-state index contributed by atoms with van der Waals surface area (Å²) < 4.78 is 4.46. The molecular weight excluding hydrogens is 464 g/mol. The van der Waals surface area contributed by atoms with Gasteiger partial charge in [0.15, 0.2) is 24.8 Å². The highest BCUT2D eigenvalue weighted by Gasteiger charge is 2.09. The van der Waals surface area contributed by atoms with Crippen LogP contribution in [0.1, 0.15) is 0 Å². The third-order valence-corrected chi connectivity index (χ3v) is 6.86. The molecule has 38 heavy (non-hydrogen) atoms. The highest BCUT2D eigenvalue weighted by Crippen LogP contribution is 2.25. The van der Waals surface area contributed by atoms with Gasteiger partial charge in [-0.2, -0.15) is 9.13 Å². The Balaban J connectivity index is 1.06. The van der Waals surface area contributed by atoms with E-state index in [2.05, 4.69) is 117 Å². The highest BCUT2D eigenvalue weighted by molar-refractivity contribution is 5.70. The van der Waals surface area contributed by atoms with Crippen molar-refractivity contribution in [2.24, 2.45) is 0 Å². The van der Waals surface area contributed by atoms with Gasteiger partial charge in [-0.3, -0.25) is 9.97 Å². The zero-order valence-corrected chi connectivity index (χ0v) is 21.1. The zero-order valence-electron chi connectivity index (χ0n) is 21.1. The number of aryl methyl sites for hydroxylation is 2. The second-order valence-electron chi connectivity index (χ2n) is 9.28. The predicted octanol–water partition coefficient (Wildman–Crippen LogP) is 6.42. The van der Waals surface area contributed by atoms with Crippen molar-refractivity contribution in [1.82, 2.24) is 9.97 Å². The Morgan fingerprint density at radius 3 is 0.842 bits per heavy atom. The maximum atomic E-state index is 4.10. The average Bonchev–Trinajstić information content (AvgIpc) is 3.02. The summed E-state index contributed by atoms with van der Waals surface area (Å²) in [6.07, 6.45) is 15.9. The third-order valence-electron chi connectivity index (χ3n) is 6.86. The second kappa shape index (κ2) is 11.0. The first-order valence-corrected chi connectivity index (χ1v) is 12.8. The molecule has 4 nitrogen and oxygen atoms in total. The summed E-state index contributed by atoms with van der Waals surface area (Å²) in [7, 11) is 0. The Bertz CT molecular complexity index is 1470. The van der Waals surface area contributed by atoms with E-state index in [9.17, 15) is 0 Å². The fraction of sp³-hybridized carbons (Fsp3) is 0.0588. The van der Waals surface area contributed by atoms with Crippen molar-refractivity contribution >= 4 is 0 Å². The second-order valence-corrected chi connectivity index (χ2v) is 9.28.